The van der Waals surface area contributed by atoms with E-state index in [9.17, 15) is 21.6 Å². The number of hydrogen-bond donors (Lipinski definition) is 1. The molecule has 2 aliphatic rings. The summed E-state index contributed by atoms with van der Waals surface area (Å²) in [5.41, 5.74) is 1.93. The van der Waals surface area contributed by atoms with Gasteiger partial charge < -0.3 is 9.73 Å². The fourth-order valence-corrected chi connectivity index (χ4v) is 6.19. The Labute approximate surface area is 222 Å². The van der Waals surface area contributed by atoms with Crippen LogP contribution in [0, 0.1) is 0 Å². The van der Waals surface area contributed by atoms with Crippen molar-refractivity contribution in [2.75, 3.05) is 36.2 Å². The number of carbonyl (C=O) groups excluding carboxylic acids is 1. The predicted molar refractivity (Wildman–Crippen MR) is 147 cm³/mol. The number of amides is 1. The van der Waals surface area contributed by atoms with Gasteiger partial charge in [-0.15, -0.1) is 11.6 Å². The second kappa shape index (κ2) is 10.1. The summed E-state index contributed by atoms with van der Waals surface area (Å²) >= 11 is 6.42. The first-order valence-electron chi connectivity index (χ1n) is 12.1. The number of alkyl halides is 1. The molecule has 0 spiro atoms. The number of unbranched alkanes of at least 4 members (excludes halogenated alkanes) is 1. The molecule has 0 bridgehead atoms. The maximum absolute atomic E-state index is 13.0. The highest BCUT2D eigenvalue weighted by Gasteiger charge is 2.34. The molecule has 0 aliphatic heterocycles. The second-order valence-electron chi connectivity index (χ2n) is 10.1. The average molecular weight is 570 g/mol. The van der Waals surface area contributed by atoms with Crippen LogP contribution >= 0.6 is 11.6 Å². The van der Waals surface area contributed by atoms with E-state index in [-0.39, 0.29) is 35.7 Å². The standard InChI is InChI=1S/C25H32ClN3O6S2/c1-25(26)11-9-17(10-12-25)21-20(23(30)27-2)19-15-18(16-7-8-16)22(28-24(19)35-21)29(37(4,33)34)13-5-6-14-36(3,31)32/h9-11,15-16H,5-8,12-14H2,1-4H3,(H,27,30). The van der Waals surface area contributed by atoms with Crippen molar-refractivity contribution in [3.8, 4) is 0 Å². The Balaban J connectivity index is 1.82. The van der Waals surface area contributed by atoms with Crippen molar-refractivity contribution in [1.82, 2.24) is 10.3 Å². The number of aromatic nitrogens is 1. The first-order valence-corrected chi connectivity index (χ1v) is 16.4. The summed E-state index contributed by atoms with van der Waals surface area (Å²) in [6.45, 7) is 1.98. The zero-order valence-electron chi connectivity index (χ0n) is 21.4. The van der Waals surface area contributed by atoms with Crippen LogP contribution < -0.4 is 9.62 Å². The summed E-state index contributed by atoms with van der Waals surface area (Å²) in [5.74, 6) is 0.381. The van der Waals surface area contributed by atoms with Crippen molar-refractivity contribution in [2.24, 2.45) is 0 Å². The van der Waals surface area contributed by atoms with E-state index >= 15 is 0 Å². The normalized spacial score (nSPS) is 20.2. The lowest BCUT2D eigenvalue weighted by Gasteiger charge is -2.23. The van der Waals surface area contributed by atoms with E-state index in [0.29, 0.717) is 41.5 Å². The van der Waals surface area contributed by atoms with Crippen LogP contribution in [0.2, 0.25) is 0 Å². The summed E-state index contributed by atoms with van der Waals surface area (Å²) in [4.78, 5) is 17.1. The number of sulfone groups is 1. The van der Waals surface area contributed by atoms with Crippen LogP contribution in [0.5, 0.6) is 0 Å². The van der Waals surface area contributed by atoms with Crippen molar-refractivity contribution in [1.29, 1.82) is 0 Å². The maximum Gasteiger partial charge on any atom is 0.255 e. The van der Waals surface area contributed by atoms with E-state index < -0.39 is 24.7 Å². The lowest BCUT2D eigenvalue weighted by molar-refractivity contribution is 0.0963. The smallest absolute Gasteiger partial charge is 0.255 e. The number of carbonyl (C=O) groups is 1. The molecule has 2 aromatic rings. The van der Waals surface area contributed by atoms with Gasteiger partial charge in [0.2, 0.25) is 15.7 Å². The van der Waals surface area contributed by atoms with E-state index in [1.807, 2.05) is 31.2 Å². The Hall–Kier alpha value is -2.37. The molecule has 1 saturated carbocycles. The molecule has 202 valence electrons. The Morgan fingerprint density at radius 2 is 1.95 bits per heavy atom. The van der Waals surface area contributed by atoms with Crippen molar-refractivity contribution in [3.05, 3.63) is 41.2 Å². The molecule has 12 heteroatoms. The molecule has 0 aromatic carbocycles. The van der Waals surface area contributed by atoms with Crippen molar-refractivity contribution in [3.63, 3.8) is 0 Å². The lowest BCUT2D eigenvalue weighted by Crippen LogP contribution is -2.32. The highest BCUT2D eigenvalue weighted by molar-refractivity contribution is 7.92. The summed E-state index contributed by atoms with van der Waals surface area (Å²) in [7, 11) is -5.34. The predicted octanol–water partition coefficient (Wildman–Crippen LogP) is 4.00. The topological polar surface area (TPSA) is 127 Å². The molecule has 1 unspecified atom stereocenters. The summed E-state index contributed by atoms with van der Waals surface area (Å²) < 4.78 is 56.0. The average Bonchev–Trinajstić information content (AvgIpc) is 3.57. The quantitative estimate of drug-likeness (QED) is 0.338. The number of nitrogens with one attached hydrogen (secondary N) is 1. The van der Waals surface area contributed by atoms with E-state index in [1.54, 1.807) is 0 Å². The first kappa shape index (κ1) is 27.7. The van der Waals surface area contributed by atoms with Gasteiger partial charge in [0.25, 0.3) is 5.91 Å². The van der Waals surface area contributed by atoms with Gasteiger partial charge in [-0.1, -0.05) is 18.2 Å². The Morgan fingerprint density at radius 3 is 2.49 bits per heavy atom. The minimum atomic E-state index is -3.73. The first-order chi connectivity index (χ1) is 17.2. The Kier molecular flexibility index (Phi) is 7.53. The lowest BCUT2D eigenvalue weighted by atomic mass is 9.94. The number of furan rings is 1. The molecule has 37 heavy (non-hydrogen) atoms. The highest BCUT2D eigenvalue weighted by Crippen LogP contribution is 2.46. The van der Waals surface area contributed by atoms with Gasteiger partial charge in [0.05, 0.1) is 22.1 Å². The zero-order valence-corrected chi connectivity index (χ0v) is 23.8. The van der Waals surface area contributed by atoms with Crippen LogP contribution in [0.15, 0.2) is 28.7 Å². The van der Waals surface area contributed by atoms with E-state index in [2.05, 4.69) is 10.3 Å². The number of sulfonamides is 1. The van der Waals surface area contributed by atoms with Crippen molar-refractivity contribution < 1.29 is 26.0 Å². The fourth-order valence-electron chi connectivity index (χ4n) is 4.40. The van der Waals surface area contributed by atoms with Gasteiger partial charge in [-0.05, 0) is 56.6 Å². The number of nitrogens with zero attached hydrogens (tertiary/aromatic N) is 2. The van der Waals surface area contributed by atoms with Gasteiger partial charge in [-0.3, -0.25) is 9.10 Å². The van der Waals surface area contributed by atoms with E-state index in [4.69, 9.17) is 16.0 Å². The number of anilines is 1. The van der Waals surface area contributed by atoms with Gasteiger partial charge in [-0.2, -0.15) is 4.98 Å². The third-order valence-electron chi connectivity index (χ3n) is 6.52. The number of rotatable bonds is 10. The number of pyridine rings is 1. The van der Waals surface area contributed by atoms with Crippen LogP contribution in [-0.2, 0) is 19.9 Å². The van der Waals surface area contributed by atoms with Crippen LogP contribution in [0.3, 0.4) is 0 Å². The van der Waals surface area contributed by atoms with Gasteiger partial charge in [0, 0.05) is 31.2 Å². The monoisotopic (exact) mass is 569 g/mol. The number of hydrogen-bond acceptors (Lipinski definition) is 7. The fraction of sp³-hybridized carbons (Fsp3) is 0.520. The molecule has 0 saturated heterocycles. The molecule has 1 atom stereocenters. The summed E-state index contributed by atoms with van der Waals surface area (Å²) in [6.07, 6.45) is 10.8. The van der Waals surface area contributed by atoms with Crippen molar-refractivity contribution >= 4 is 59.9 Å². The number of fused-ring (bicyclic) bond motifs is 1. The van der Waals surface area contributed by atoms with Gasteiger partial charge in [0.1, 0.15) is 21.4 Å². The van der Waals surface area contributed by atoms with Crippen molar-refractivity contribution in [2.45, 2.75) is 49.8 Å². The second-order valence-corrected chi connectivity index (χ2v) is 15.1. The van der Waals surface area contributed by atoms with E-state index in [1.165, 1.54) is 11.4 Å². The molecule has 2 heterocycles. The zero-order chi connectivity index (χ0) is 27.2. The third-order valence-corrected chi connectivity index (χ3v) is 8.99. The molecular weight excluding hydrogens is 538 g/mol. The third kappa shape index (κ3) is 6.38. The molecule has 4 rings (SSSR count). The SMILES string of the molecule is CNC(=O)c1c(C2=CCC(C)(Cl)C=C2)oc2nc(N(CCCCS(C)(=O)=O)S(C)(=O)=O)c(C3CC3)cc12. The Morgan fingerprint density at radius 1 is 1.24 bits per heavy atom. The molecule has 1 amide bonds. The molecule has 2 aliphatic carbocycles. The molecule has 9 nitrogen and oxygen atoms in total. The summed E-state index contributed by atoms with van der Waals surface area (Å²) in [6, 6.07) is 1.82. The minimum Gasteiger partial charge on any atom is -0.437 e. The number of allylic oxidation sites excluding steroid dienone is 4. The van der Waals surface area contributed by atoms with Gasteiger partial charge in [0.15, 0.2) is 0 Å². The summed E-state index contributed by atoms with van der Waals surface area (Å²) in [5, 5.41) is 3.18. The number of halogens is 1. The van der Waals surface area contributed by atoms with Crippen LogP contribution in [0.1, 0.15) is 66.6 Å². The largest absolute Gasteiger partial charge is 0.437 e. The minimum absolute atomic E-state index is 0.0203. The highest BCUT2D eigenvalue weighted by atomic mass is 35.5. The molecule has 1 N–H and O–H groups in total. The van der Waals surface area contributed by atoms with Gasteiger partial charge >= 0.3 is 0 Å². The molecular formula is C25H32ClN3O6S2. The maximum atomic E-state index is 13.0. The van der Waals surface area contributed by atoms with Crippen LogP contribution in [0.4, 0.5) is 5.82 Å². The van der Waals surface area contributed by atoms with Crippen LogP contribution in [0.25, 0.3) is 16.7 Å². The Bertz CT molecular complexity index is 1500. The molecule has 1 fully saturated rings. The molecule has 0 radical (unpaired) electrons. The molecule has 2 aromatic heterocycles. The van der Waals surface area contributed by atoms with Crippen LogP contribution in [-0.4, -0.2) is 64.5 Å². The van der Waals surface area contributed by atoms with Gasteiger partial charge in [-0.25, -0.2) is 16.8 Å². The van der Waals surface area contributed by atoms with E-state index in [0.717, 1.165) is 30.9 Å².